The molecule has 0 aliphatic heterocycles. The normalized spacial score (nSPS) is 14.7. The Morgan fingerprint density at radius 3 is 2.84 bits per heavy atom. The molecule has 0 radical (unpaired) electrons. The number of hydrogen-bond donors (Lipinski definition) is 1. The number of nitrogens with zero attached hydrogens (tertiary/aromatic N) is 2. The molecule has 0 amide bonds. The highest BCUT2D eigenvalue weighted by Crippen LogP contribution is 2.27. The van der Waals surface area contributed by atoms with Crippen LogP contribution in [0.1, 0.15) is 29.7 Å². The van der Waals surface area contributed by atoms with Gasteiger partial charge in [0.05, 0.1) is 11.3 Å². The first-order valence-electron chi connectivity index (χ1n) is 6.06. The molecule has 1 aromatic rings. The zero-order valence-electron chi connectivity index (χ0n) is 10.4. The molecule has 1 aliphatic rings. The Morgan fingerprint density at radius 1 is 1.42 bits per heavy atom. The number of primary sulfonamides is 1. The van der Waals surface area contributed by atoms with E-state index >= 15 is 0 Å². The van der Waals surface area contributed by atoms with E-state index in [1.54, 1.807) is 0 Å². The van der Waals surface area contributed by atoms with Crippen LogP contribution in [0.25, 0.3) is 0 Å². The first kappa shape index (κ1) is 14.3. The molecule has 1 aromatic heterocycles. The number of aromatic nitrogens is 1. The predicted octanol–water partition coefficient (Wildman–Crippen LogP) is 1.21. The van der Waals surface area contributed by atoms with E-state index in [4.69, 9.17) is 10.4 Å². The van der Waals surface area contributed by atoms with Crippen LogP contribution in [0.4, 0.5) is 0 Å². The van der Waals surface area contributed by atoms with Crippen LogP contribution in [-0.4, -0.2) is 24.9 Å². The van der Waals surface area contributed by atoms with E-state index in [1.165, 1.54) is 11.8 Å². The minimum absolute atomic E-state index is 0.110. The lowest BCUT2D eigenvalue weighted by atomic mass is 9.95. The van der Waals surface area contributed by atoms with E-state index in [2.05, 4.69) is 11.1 Å². The third-order valence-corrected chi connectivity index (χ3v) is 5.02. The van der Waals surface area contributed by atoms with Crippen LogP contribution >= 0.6 is 11.8 Å². The molecule has 0 fully saturated rings. The maximum absolute atomic E-state index is 10.9. The summed E-state index contributed by atoms with van der Waals surface area (Å²) < 4.78 is 21.8. The molecular weight excluding hydrogens is 282 g/mol. The number of nitriles is 1. The number of sulfonamides is 1. The average Bonchev–Trinajstić information content (AvgIpc) is 2.36. The van der Waals surface area contributed by atoms with Crippen molar-refractivity contribution in [2.45, 2.75) is 30.7 Å². The summed E-state index contributed by atoms with van der Waals surface area (Å²) in [5.74, 6) is 0.209. The second kappa shape index (κ2) is 5.90. The van der Waals surface area contributed by atoms with Gasteiger partial charge in [0.15, 0.2) is 0 Å². The Kier molecular flexibility index (Phi) is 4.45. The van der Waals surface area contributed by atoms with Crippen molar-refractivity contribution >= 4 is 21.8 Å². The maximum atomic E-state index is 10.9. The number of nitrogens with two attached hydrogens (primary N) is 1. The van der Waals surface area contributed by atoms with Gasteiger partial charge in [-0.15, -0.1) is 11.8 Å². The molecule has 0 saturated heterocycles. The molecule has 2 rings (SSSR count). The van der Waals surface area contributed by atoms with Crippen LogP contribution in [0.2, 0.25) is 0 Å². The molecule has 7 heteroatoms. The molecule has 0 spiro atoms. The largest absolute Gasteiger partial charge is 0.245 e. The van der Waals surface area contributed by atoms with Crippen molar-refractivity contribution in [3.05, 3.63) is 22.9 Å². The molecule has 0 unspecified atom stereocenters. The van der Waals surface area contributed by atoms with Gasteiger partial charge in [-0.3, -0.25) is 0 Å². The zero-order chi connectivity index (χ0) is 13.9. The first-order chi connectivity index (χ1) is 8.99. The standard InChI is InChI=1S/C12H15N3O2S2/c13-8-10-7-9-3-1-2-4-11(9)15-12(10)18-5-6-19(14,16)17/h7H,1-6H2,(H2,14,16,17). The van der Waals surface area contributed by atoms with Gasteiger partial charge in [0.2, 0.25) is 10.0 Å². The van der Waals surface area contributed by atoms with Crippen LogP contribution in [0.5, 0.6) is 0 Å². The Labute approximate surface area is 117 Å². The van der Waals surface area contributed by atoms with Crippen LogP contribution in [0.3, 0.4) is 0 Å². The summed E-state index contributed by atoms with van der Waals surface area (Å²) >= 11 is 1.28. The topological polar surface area (TPSA) is 96.8 Å². The smallest absolute Gasteiger partial charge is 0.209 e. The van der Waals surface area contributed by atoms with Gasteiger partial charge < -0.3 is 0 Å². The SMILES string of the molecule is N#Cc1cc2c(nc1SCCS(N)(=O)=O)CCCC2. The molecule has 0 atom stereocenters. The van der Waals surface area contributed by atoms with E-state index in [0.29, 0.717) is 16.3 Å². The summed E-state index contributed by atoms with van der Waals surface area (Å²) in [5.41, 5.74) is 2.72. The van der Waals surface area contributed by atoms with Gasteiger partial charge in [-0.1, -0.05) is 0 Å². The van der Waals surface area contributed by atoms with Gasteiger partial charge in [0.1, 0.15) is 11.1 Å². The third kappa shape index (κ3) is 3.93. The van der Waals surface area contributed by atoms with Gasteiger partial charge in [-0.05, 0) is 37.3 Å². The van der Waals surface area contributed by atoms with Crippen molar-refractivity contribution in [2.24, 2.45) is 5.14 Å². The predicted molar refractivity (Wildman–Crippen MR) is 74.3 cm³/mol. The monoisotopic (exact) mass is 297 g/mol. The summed E-state index contributed by atoms with van der Waals surface area (Å²) in [6.45, 7) is 0. The summed E-state index contributed by atoms with van der Waals surface area (Å²) in [7, 11) is -3.46. The first-order valence-corrected chi connectivity index (χ1v) is 8.76. The number of pyridine rings is 1. The quantitative estimate of drug-likeness (QED) is 0.843. The van der Waals surface area contributed by atoms with E-state index < -0.39 is 10.0 Å². The Morgan fingerprint density at radius 2 is 2.16 bits per heavy atom. The van der Waals surface area contributed by atoms with E-state index in [9.17, 15) is 8.42 Å². The molecule has 2 N–H and O–H groups in total. The second-order valence-electron chi connectivity index (χ2n) is 4.48. The molecule has 5 nitrogen and oxygen atoms in total. The van der Waals surface area contributed by atoms with Gasteiger partial charge >= 0.3 is 0 Å². The van der Waals surface area contributed by atoms with Crippen LogP contribution in [0, 0.1) is 11.3 Å². The summed E-state index contributed by atoms with van der Waals surface area (Å²) in [6, 6.07) is 4.02. The van der Waals surface area contributed by atoms with Gasteiger partial charge in [-0.25, -0.2) is 18.5 Å². The zero-order valence-corrected chi connectivity index (χ0v) is 12.1. The Hall–Kier alpha value is -1.10. The van der Waals surface area contributed by atoms with Gasteiger partial charge in [0.25, 0.3) is 0 Å². The highest BCUT2D eigenvalue weighted by molar-refractivity contribution is 8.00. The molecule has 102 valence electrons. The highest BCUT2D eigenvalue weighted by atomic mass is 32.2. The molecule has 1 heterocycles. The summed E-state index contributed by atoms with van der Waals surface area (Å²) in [5, 5.41) is 14.7. The van der Waals surface area contributed by atoms with Crippen molar-refractivity contribution in [3.63, 3.8) is 0 Å². The third-order valence-electron chi connectivity index (χ3n) is 2.99. The number of rotatable bonds is 4. The second-order valence-corrected chi connectivity index (χ2v) is 7.30. The van der Waals surface area contributed by atoms with Crippen LogP contribution in [-0.2, 0) is 22.9 Å². The molecule has 1 aliphatic carbocycles. The lowest BCUT2D eigenvalue weighted by Crippen LogP contribution is -2.18. The van der Waals surface area contributed by atoms with Crippen molar-refractivity contribution in [1.29, 1.82) is 5.26 Å². The Bertz CT molecular complexity index is 621. The summed E-state index contributed by atoms with van der Waals surface area (Å²) in [6.07, 6.45) is 4.16. The number of thioether (sulfide) groups is 1. The number of hydrogen-bond acceptors (Lipinski definition) is 5. The molecule has 19 heavy (non-hydrogen) atoms. The van der Waals surface area contributed by atoms with Crippen molar-refractivity contribution in [3.8, 4) is 6.07 Å². The minimum atomic E-state index is -3.46. The van der Waals surface area contributed by atoms with E-state index in [0.717, 1.165) is 36.9 Å². The fraction of sp³-hybridized carbons (Fsp3) is 0.500. The number of fused-ring (bicyclic) bond motifs is 1. The average molecular weight is 297 g/mol. The van der Waals surface area contributed by atoms with E-state index in [-0.39, 0.29) is 5.75 Å². The summed E-state index contributed by atoms with van der Waals surface area (Å²) in [4.78, 5) is 4.51. The lowest BCUT2D eigenvalue weighted by Gasteiger charge is -2.16. The van der Waals surface area contributed by atoms with Crippen molar-refractivity contribution < 1.29 is 8.42 Å². The van der Waals surface area contributed by atoms with Crippen LogP contribution < -0.4 is 5.14 Å². The van der Waals surface area contributed by atoms with Gasteiger partial charge in [-0.2, -0.15) is 5.26 Å². The molecular formula is C12H15N3O2S2. The molecule has 0 saturated carbocycles. The fourth-order valence-electron chi connectivity index (χ4n) is 2.06. The van der Waals surface area contributed by atoms with E-state index in [1.807, 2.05) is 6.07 Å². The molecule has 0 aromatic carbocycles. The van der Waals surface area contributed by atoms with Crippen LogP contribution in [0.15, 0.2) is 11.1 Å². The van der Waals surface area contributed by atoms with Crippen molar-refractivity contribution in [1.82, 2.24) is 4.98 Å². The molecule has 0 bridgehead atoms. The maximum Gasteiger partial charge on any atom is 0.209 e. The minimum Gasteiger partial charge on any atom is -0.245 e. The van der Waals surface area contributed by atoms with Gasteiger partial charge in [0, 0.05) is 11.4 Å². The Balaban J connectivity index is 2.17. The highest BCUT2D eigenvalue weighted by Gasteiger charge is 2.15. The lowest BCUT2D eigenvalue weighted by molar-refractivity contribution is 0.599. The fourth-order valence-corrected chi connectivity index (χ4v) is 3.95. The van der Waals surface area contributed by atoms with Crippen molar-refractivity contribution in [2.75, 3.05) is 11.5 Å². The number of aryl methyl sites for hydroxylation is 2.